The van der Waals surface area contributed by atoms with Crippen molar-refractivity contribution in [3.8, 4) is 5.75 Å². The number of ether oxygens (including phenoxy) is 1. The van der Waals surface area contributed by atoms with Gasteiger partial charge in [-0.1, -0.05) is 29.4 Å². The number of aryl methyl sites for hydroxylation is 2. The minimum absolute atomic E-state index is 0.0823. The molecule has 4 aromatic rings. The molecular weight excluding hydrogens is 406 g/mol. The maximum atomic E-state index is 13.2. The quantitative estimate of drug-likeness (QED) is 0.436. The second-order valence-electron chi connectivity index (χ2n) is 7.99. The molecule has 1 unspecified atom stereocenters. The van der Waals surface area contributed by atoms with Crippen molar-refractivity contribution in [3.05, 3.63) is 83.1 Å². The van der Waals surface area contributed by atoms with Crippen molar-refractivity contribution >= 4 is 16.7 Å². The molecule has 1 N–H and O–H groups in total. The third-order valence-electron chi connectivity index (χ3n) is 5.60. The van der Waals surface area contributed by atoms with Gasteiger partial charge in [-0.3, -0.25) is 9.69 Å². The highest BCUT2D eigenvalue weighted by Gasteiger charge is 2.21. The molecule has 0 bridgehead atoms. The van der Waals surface area contributed by atoms with E-state index in [-0.39, 0.29) is 18.6 Å². The molecule has 2 heterocycles. The van der Waals surface area contributed by atoms with Gasteiger partial charge in [0.05, 0.1) is 29.1 Å². The molecule has 166 valence electrons. The Kier molecular flexibility index (Phi) is 6.28. The first-order valence-corrected chi connectivity index (χ1v) is 10.5. The molecule has 1 atom stereocenters. The van der Waals surface area contributed by atoms with Crippen LogP contribution in [0.25, 0.3) is 10.8 Å². The number of carbonyl (C=O) groups is 1. The topological polar surface area (TPSA) is 80.7 Å². The summed E-state index contributed by atoms with van der Waals surface area (Å²) in [5, 5.41) is 8.99. The van der Waals surface area contributed by atoms with Gasteiger partial charge in [-0.05, 0) is 63.0 Å². The lowest BCUT2D eigenvalue weighted by Gasteiger charge is -2.23. The molecule has 0 aliphatic rings. The van der Waals surface area contributed by atoms with Crippen LogP contribution < -0.4 is 10.1 Å². The predicted molar refractivity (Wildman–Crippen MR) is 122 cm³/mol. The van der Waals surface area contributed by atoms with Crippen molar-refractivity contribution in [1.29, 1.82) is 0 Å². The minimum atomic E-state index is -0.206. The number of furan rings is 1. The zero-order valence-electron chi connectivity index (χ0n) is 18.7. The summed E-state index contributed by atoms with van der Waals surface area (Å²) >= 11 is 0. The van der Waals surface area contributed by atoms with Crippen molar-refractivity contribution in [3.63, 3.8) is 0 Å². The Balaban J connectivity index is 1.59. The van der Waals surface area contributed by atoms with Crippen LogP contribution in [0.5, 0.6) is 5.75 Å². The largest absolute Gasteiger partial charge is 0.488 e. The second-order valence-corrected chi connectivity index (χ2v) is 7.99. The highest BCUT2D eigenvalue weighted by molar-refractivity contribution is 6.01. The van der Waals surface area contributed by atoms with Gasteiger partial charge in [0.15, 0.2) is 0 Å². The van der Waals surface area contributed by atoms with Gasteiger partial charge in [0.1, 0.15) is 23.9 Å². The van der Waals surface area contributed by atoms with E-state index in [2.05, 4.69) is 10.5 Å². The SMILES string of the molecule is Cc1noc(C)c1COc1cc2ccccc2cc1C(=O)NCC(c1ccco1)N(C)C. The Hall–Kier alpha value is -3.58. The van der Waals surface area contributed by atoms with Crippen LogP contribution in [-0.2, 0) is 6.61 Å². The first-order valence-electron chi connectivity index (χ1n) is 10.5. The summed E-state index contributed by atoms with van der Waals surface area (Å²) in [6, 6.07) is 15.3. The third kappa shape index (κ3) is 4.53. The summed E-state index contributed by atoms with van der Waals surface area (Å²) in [4.78, 5) is 15.2. The number of nitrogens with zero attached hydrogens (tertiary/aromatic N) is 2. The van der Waals surface area contributed by atoms with Gasteiger partial charge in [0.2, 0.25) is 0 Å². The van der Waals surface area contributed by atoms with Crippen LogP contribution in [0.15, 0.2) is 63.7 Å². The molecule has 2 aromatic carbocycles. The van der Waals surface area contributed by atoms with Crippen LogP contribution in [0.3, 0.4) is 0 Å². The van der Waals surface area contributed by atoms with E-state index in [4.69, 9.17) is 13.7 Å². The Morgan fingerprint density at radius 3 is 2.50 bits per heavy atom. The van der Waals surface area contributed by atoms with Gasteiger partial charge in [0, 0.05) is 6.54 Å². The zero-order valence-corrected chi connectivity index (χ0v) is 18.7. The number of rotatable bonds is 8. The van der Waals surface area contributed by atoms with Crippen molar-refractivity contribution in [2.24, 2.45) is 0 Å². The van der Waals surface area contributed by atoms with Gasteiger partial charge in [-0.25, -0.2) is 0 Å². The molecule has 0 fully saturated rings. The van der Waals surface area contributed by atoms with Crippen molar-refractivity contribution in [1.82, 2.24) is 15.4 Å². The number of hydrogen-bond donors (Lipinski definition) is 1. The van der Waals surface area contributed by atoms with Gasteiger partial charge >= 0.3 is 0 Å². The lowest BCUT2D eigenvalue weighted by Crippen LogP contribution is -2.34. The van der Waals surface area contributed by atoms with Gasteiger partial charge in [-0.15, -0.1) is 0 Å². The van der Waals surface area contributed by atoms with Crippen molar-refractivity contribution in [2.45, 2.75) is 26.5 Å². The highest BCUT2D eigenvalue weighted by atomic mass is 16.5. The summed E-state index contributed by atoms with van der Waals surface area (Å²) in [6.07, 6.45) is 1.64. The van der Waals surface area contributed by atoms with Gasteiger partial charge < -0.3 is 19.0 Å². The first-order chi connectivity index (χ1) is 15.4. The lowest BCUT2D eigenvalue weighted by molar-refractivity contribution is 0.0934. The number of fused-ring (bicyclic) bond motifs is 1. The van der Waals surface area contributed by atoms with Crippen LogP contribution in [0, 0.1) is 13.8 Å². The zero-order chi connectivity index (χ0) is 22.7. The molecule has 0 saturated heterocycles. The number of hydrogen-bond acceptors (Lipinski definition) is 6. The smallest absolute Gasteiger partial charge is 0.255 e. The van der Waals surface area contributed by atoms with Crippen LogP contribution in [0.1, 0.15) is 39.2 Å². The average molecular weight is 434 g/mol. The first kappa shape index (κ1) is 21.6. The van der Waals surface area contributed by atoms with Crippen LogP contribution in [0.4, 0.5) is 0 Å². The Labute approximate surface area is 186 Å². The van der Waals surface area contributed by atoms with Crippen molar-refractivity contribution in [2.75, 3.05) is 20.6 Å². The van der Waals surface area contributed by atoms with Crippen LogP contribution in [0.2, 0.25) is 0 Å². The highest BCUT2D eigenvalue weighted by Crippen LogP contribution is 2.28. The summed E-state index contributed by atoms with van der Waals surface area (Å²) < 4.78 is 16.9. The number of benzene rings is 2. The number of aromatic nitrogens is 1. The second kappa shape index (κ2) is 9.28. The summed E-state index contributed by atoms with van der Waals surface area (Å²) in [6.45, 7) is 4.39. The summed E-state index contributed by atoms with van der Waals surface area (Å²) in [5.74, 6) is 1.81. The molecular formula is C25H27N3O4. The fourth-order valence-corrected chi connectivity index (χ4v) is 3.68. The van der Waals surface area contributed by atoms with E-state index < -0.39 is 0 Å². The third-order valence-corrected chi connectivity index (χ3v) is 5.60. The normalized spacial score (nSPS) is 12.3. The maximum Gasteiger partial charge on any atom is 0.255 e. The lowest BCUT2D eigenvalue weighted by atomic mass is 10.0. The Morgan fingerprint density at radius 1 is 1.12 bits per heavy atom. The summed E-state index contributed by atoms with van der Waals surface area (Å²) in [5.41, 5.74) is 2.14. The molecule has 7 heteroatoms. The Morgan fingerprint density at radius 2 is 1.88 bits per heavy atom. The van der Waals surface area contributed by atoms with Crippen LogP contribution in [-0.4, -0.2) is 36.6 Å². The fourth-order valence-electron chi connectivity index (χ4n) is 3.68. The molecule has 0 spiro atoms. The molecule has 0 aliphatic carbocycles. The van der Waals surface area contributed by atoms with E-state index in [1.165, 1.54) is 0 Å². The van der Waals surface area contributed by atoms with E-state index >= 15 is 0 Å². The minimum Gasteiger partial charge on any atom is -0.488 e. The average Bonchev–Trinajstić information content (AvgIpc) is 3.41. The van der Waals surface area contributed by atoms with E-state index in [1.54, 1.807) is 6.26 Å². The predicted octanol–water partition coefficient (Wildman–Crippen LogP) is 4.65. The molecule has 0 radical (unpaired) electrons. The molecule has 2 aromatic heterocycles. The standard InChI is InChI=1S/C25H27N3O4/c1-16-21(17(2)32-27-16)15-31-24-13-19-9-6-5-8-18(19)12-20(24)25(29)26-14-22(28(3)4)23-10-7-11-30-23/h5-13,22H,14-15H2,1-4H3,(H,26,29). The number of amides is 1. The fraction of sp³-hybridized carbons (Fsp3) is 0.280. The molecule has 1 amide bonds. The van der Waals surface area contributed by atoms with E-state index in [1.807, 2.05) is 81.4 Å². The molecule has 0 aliphatic heterocycles. The van der Waals surface area contributed by atoms with Crippen LogP contribution >= 0.6 is 0 Å². The summed E-state index contributed by atoms with van der Waals surface area (Å²) in [7, 11) is 3.90. The molecule has 32 heavy (non-hydrogen) atoms. The van der Waals surface area contributed by atoms with Gasteiger partial charge in [0.25, 0.3) is 5.91 Å². The van der Waals surface area contributed by atoms with Crippen molar-refractivity contribution < 1.29 is 18.5 Å². The number of carbonyl (C=O) groups excluding carboxylic acids is 1. The van der Waals surface area contributed by atoms with E-state index in [9.17, 15) is 4.79 Å². The monoisotopic (exact) mass is 433 g/mol. The maximum absolute atomic E-state index is 13.2. The number of nitrogens with one attached hydrogen (secondary N) is 1. The van der Waals surface area contributed by atoms with Gasteiger partial charge in [-0.2, -0.15) is 0 Å². The molecule has 4 rings (SSSR count). The molecule has 0 saturated carbocycles. The van der Waals surface area contributed by atoms with E-state index in [0.717, 1.165) is 27.8 Å². The Bertz CT molecular complexity index is 1190. The number of likely N-dealkylation sites (N-methyl/N-ethyl adjacent to an activating group) is 1. The molecule has 7 nitrogen and oxygen atoms in total. The van der Waals surface area contributed by atoms with E-state index in [0.29, 0.717) is 23.6 Å².